The molecule has 0 aliphatic heterocycles. The van der Waals surface area contributed by atoms with Gasteiger partial charge >= 0.3 is 5.69 Å². The maximum absolute atomic E-state index is 12.6. The third-order valence-electron chi connectivity index (χ3n) is 4.73. The fraction of sp³-hybridized carbons (Fsp3) is 0.174. The van der Waals surface area contributed by atoms with E-state index in [9.17, 15) is 4.79 Å². The number of carbonyl (C=O) groups is 1. The second-order valence-corrected chi connectivity index (χ2v) is 7.36. The van der Waals surface area contributed by atoms with Gasteiger partial charge in [0.2, 0.25) is 11.8 Å². The maximum atomic E-state index is 12.6. The Morgan fingerprint density at radius 2 is 1.78 bits per heavy atom. The van der Waals surface area contributed by atoms with E-state index in [-0.39, 0.29) is 11.7 Å². The highest BCUT2D eigenvalue weighted by Gasteiger charge is 2.22. The quantitative estimate of drug-likeness (QED) is 0.170. The van der Waals surface area contributed by atoms with Crippen molar-refractivity contribution >= 4 is 17.5 Å². The lowest BCUT2D eigenvalue weighted by molar-refractivity contribution is -0.134. The second-order valence-electron chi connectivity index (χ2n) is 7.36. The van der Waals surface area contributed by atoms with Crippen LogP contribution in [-0.4, -0.2) is 60.8 Å². The Kier molecular flexibility index (Phi) is 8.49. The van der Waals surface area contributed by atoms with E-state index in [0.29, 0.717) is 34.4 Å². The smallest absolute Gasteiger partial charge is 0.349 e. The average molecular weight is 508 g/mol. The zero-order valence-electron chi connectivity index (χ0n) is 20.2. The van der Waals surface area contributed by atoms with Crippen LogP contribution in [-0.2, 0) is 4.79 Å². The van der Waals surface area contributed by atoms with Crippen molar-refractivity contribution < 1.29 is 19.4 Å². The molecule has 1 aromatic carbocycles. The minimum atomic E-state index is -0.833. The number of ether oxygens (including phenoxy) is 2. The number of anilines is 1. The average Bonchev–Trinajstić information content (AvgIpc) is 3.28. The molecule has 0 saturated carbocycles. The van der Waals surface area contributed by atoms with Crippen molar-refractivity contribution in [1.29, 1.82) is 5.41 Å². The highest BCUT2D eigenvalue weighted by Crippen LogP contribution is 2.29. The van der Waals surface area contributed by atoms with E-state index in [2.05, 4.69) is 30.4 Å². The molecule has 14 heteroatoms. The lowest BCUT2D eigenvalue weighted by Crippen LogP contribution is -2.17. The zero-order chi connectivity index (χ0) is 26.9. The van der Waals surface area contributed by atoms with Gasteiger partial charge < -0.3 is 25.6 Å². The first-order valence-electron chi connectivity index (χ1n) is 10.7. The number of hydrogen-bond donors (Lipinski definition) is 5. The highest BCUT2D eigenvalue weighted by molar-refractivity contribution is 5.95. The Morgan fingerprint density at radius 3 is 2.30 bits per heavy atom. The van der Waals surface area contributed by atoms with E-state index in [4.69, 9.17) is 30.5 Å². The molecule has 0 amide bonds. The van der Waals surface area contributed by atoms with Gasteiger partial charge in [-0.25, -0.2) is 9.78 Å². The zero-order valence-corrected chi connectivity index (χ0v) is 20.2. The van der Waals surface area contributed by atoms with Crippen LogP contribution in [0.3, 0.4) is 0 Å². The minimum Gasteiger partial charge on any atom is -0.481 e. The number of nitrogen functional groups attached to an aromatic ring is 1. The van der Waals surface area contributed by atoms with Crippen LogP contribution in [0.1, 0.15) is 29.9 Å². The number of benzene rings is 1. The molecule has 192 valence electrons. The molecule has 0 fully saturated rings. The van der Waals surface area contributed by atoms with Gasteiger partial charge in [0.1, 0.15) is 11.9 Å². The molecule has 1 unspecified atom stereocenters. The number of nitrogens with zero attached hydrogens (tertiary/aromatic N) is 5. The van der Waals surface area contributed by atoms with E-state index in [1.165, 1.54) is 32.8 Å². The minimum absolute atomic E-state index is 0.0336. The molecule has 1 atom stereocenters. The van der Waals surface area contributed by atoms with E-state index < -0.39 is 17.7 Å². The van der Waals surface area contributed by atoms with E-state index in [1.54, 1.807) is 36.4 Å². The van der Waals surface area contributed by atoms with Gasteiger partial charge in [-0.3, -0.25) is 20.2 Å². The Labute approximate surface area is 210 Å². The molecule has 0 saturated heterocycles. The number of aromatic amines is 1. The number of aromatic nitrogens is 6. The number of rotatable bonds is 8. The number of H-pyrrole nitrogens is 1. The monoisotopic (exact) mass is 507 g/mol. The summed E-state index contributed by atoms with van der Waals surface area (Å²) in [7, 11) is 3.00. The van der Waals surface area contributed by atoms with Crippen LogP contribution >= 0.6 is 0 Å². The maximum Gasteiger partial charge on any atom is 0.349 e. The first-order valence-corrected chi connectivity index (χ1v) is 10.7. The summed E-state index contributed by atoms with van der Waals surface area (Å²) in [6.45, 7) is 1.08. The lowest BCUT2D eigenvalue weighted by atomic mass is 10.1. The summed E-state index contributed by atoms with van der Waals surface area (Å²) in [6, 6.07) is 9.79. The standard InChI is InChI=1S/C21H21N9O3.C2H4O2/c1-32-16-9-13(10-17(27-16)33-2)18(26-14-5-3-12(4-6-14)19(22)23)20-28-21(31)30(29-20)15-11-24-7-8-25-15;1-2(3)4/h3-11,18,26H,1-2H3,(H3,22,23)(H,28,29,31);1H3,(H,3,4). The van der Waals surface area contributed by atoms with E-state index in [1.807, 2.05) is 0 Å². The van der Waals surface area contributed by atoms with Crippen LogP contribution in [0.25, 0.3) is 5.82 Å². The number of carboxylic acid groups (broad SMARTS) is 1. The number of aliphatic carboxylic acids is 1. The first kappa shape index (κ1) is 26.3. The van der Waals surface area contributed by atoms with Gasteiger partial charge in [0.25, 0.3) is 5.97 Å². The summed E-state index contributed by atoms with van der Waals surface area (Å²) in [5.74, 6) is 0.391. The van der Waals surface area contributed by atoms with Crippen molar-refractivity contribution in [1.82, 2.24) is 29.7 Å². The molecule has 0 bridgehead atoms. The van der Waals surface area contributed by atoms with Gasteiger partial charge in [-0.15, -0.1) is 5.10 Å². The van der Waals surface area contributed by atoms with E-state index in [0.717, 1.165) is 11.6 Å². The Hall–Kier alpha value is -5.27. The van der Waals surface area contributed by atoms with E-state index >= 15 is 0 Å². The molecule has 3 heterocycles. The molecule has 0 spiro atoms. The van der Waals surface area contributed by atoms with Gasteiger partial charge in [-0.05, 0) is 29.8 Å². The predicted octanol–water partition coefficient (Wildman–Crippen LogP) is 1.34. The summed E-state index contributed by atoms with van der Waals surface area (Å²) >= 11 is 0. The van der Waals surface area contributed by atoms with Crippen molar-refractivity contribution in [2.45, 2.75) is 13.0 Å². The molecule has 0 aliphatic rings. The van der Waals surface area contributed by atoms with Gasteiger partial charge in [-0.1, -0.05) is 0 Å². The Morgan fingerprint density at radius 1 is 1.16 bits per heavy atom. The summed E-state index contributed by atoms with van der Waals surface area (Å²) < 4.78 is 11.7. The molecule has 3 aromatic heterocycles. The second kappa shape index (κ2) is 11.9. The fourth-order valence-electron chi connectivity index (χ4n) is 3.12. The normalized spacial score (nSPS) is 11.0. The molecule has 0 aliphatic carbocycles. The van der Waals surface area contributed by atoms with Crippen molar-refractivity contribution in [3.8, 4) is 17.6 Å². The van der Waals surface area contributed by atoms with Crippen molar-refractivity contribution in [3.05, 3.63) is 82.4 Å². The molecule has 4 aromatic rings. The molecule has 37 heavy (non-hydrogen) atoms. The predicted molar refractivity (Wildman–Crippen MR) is 133 cm³/mol. The Balaban J connectivity index is 0.000000886. The van der Waals surface area contributed by atoms with Crippen LogP contribution in [0, 0.1) is 5.41 Å². The third-order valence-corrected chi connectivity index (χ3v) is 4.73. The lowest BCUT2D eigenvalue weighted by Gasteiger charge is -2.19. The molecule has 6 N–H and O–H groups in total. The SMILES string of the molecule is CC(=O)O.COc1cc(C(Nc2ccc(C(=N)N)cc2)c2nn(-c3cnccn3)c(=O)[nH]2)cc(OC)n1. The number of nitrogens with one attached hydrogen (secondary N) is 3. The van der Waals surface area contributed by atoms with Crippen molar-refractivity contribution in [3.63, 3.8) is 0 Å². The molecular formula is C23H25N9O5. The summed E-state index contributed by atoms with van der Waals surface area (Å²) in [5.41, 5.74) is 7.04. The molecule has 0 radical (unpaired) electrons. The number of methoxy groups -OCH3 is 2. The van der Waals surface area contributed by atoms with Gasteiger partial charge in [-0.2, -0.15) is 9.67 Å². The van der Waals surface area contributed by atoms with Gasteiger partial charge in [0.15, 0.2) is 11.6 Å². The van der Waals surface area contributed by atoms with Crippen molar-refractivity contribution in [2.24, 2.45) is 5.73 Å². The summed E-state index contributed by atoms with van der Waals surface area (Å²) in [4.78, 5) is 36.8. The summed E-state index contributed by atoms with van der Waals surface area (Å²) in [5, 5.41) is 22.8. The third kappa shape index (κ3) is 6.88. The molecule has 4 rings (SSSR count). The van der Waals surface area contributed by atoms with Crippen molar-refractivity contribution in [2.75, 3.05) is 19.5 Å². The van der Waals surface area contributed by atoms with Crippen LogP contribution < -0.4 is 26.2 Å². The van der Waals surface area contributed by atoms with Crippen LogP contribution in [0.15, 0.2) is 59.8 Å². The number of carboxylic acids is 1. The summed E-state index contributed by atoms with van der Waals surface area (Å²) in [6.07, 6.45) is 4.42. The first-order chi connectivity index (χ1) is 17.7. The molecular weight excluding hydrogens is 482 g/mol. The number of pyridine rings is 1. The fourth-order valence-corrected chi connectivity index (χ4v) is 3.12. The van der Waals surface area contributed by atoms with Gasteiger partial charge in [0, 0.05) is 42.7 Å². The number of hydrogen-bond acceptors (Lipinski definition) is 10. The highest BCUT2D eigenvalue weighted by atomic mass is 16.5. The van der Waals surface area contributed by atoms with Gasteiger partial charge in [0.05, 0.1) is 20.4 Å². The Bertz CT molecular complexity index is 1390. The number of nitrogens with two attached hydrogens (primary N) is 1. The van der Waals surface area contributed by atoms with Crippen LogP contribution in [0.2, 0.25) is 0 Å². The topological polar surface area (TPSA) is 207 Å². The largest absolute Gasteiger partial charge is 0.481 e. The molecule has 14 nitrogen and oxygen atoms in total. The van der Waals surface area contributed by atoms with Crippen LogP contribution in [0.5, 0.6) is 11.8 Å². The van der Waals surface area contributed by atoms with Crippen LogP contribution in [0.4, 0.5) is 5.69 Å². The number of amidine groups is 1.